The van der Waals surface area contributed by atoms with Gasteiger partial charge in [-0.2, -0.15) is 0 Å². The van der Waals surface area contributed by atoms with Crippen molar-refractivity contribution in [3.63, 3.8) is 0 Å². The van der Waals surface area contributed by atoms with Gasteiger partial charge in [-0.1, -0.05) is 20.8 Å². The van der Waals surface area contributed by atoms with E-state index >= 15 is 0 Å². The monoisotopic (exact) mass is 299 g/mol. The van der Waals surface area contributed by atoms with Crippen molar-refractivity contribution in [2.24, 2.45) is 5.41 Å². The largest absolute Gasteiger partial charge is 0.394 e. The van der Waals surface area contributed by atoms with Gasteiger partial charge in [0, 0.05) is 12.1 Å². The maximum Gasteiger partial charge on any atom is 0.315 e. The molecule has 1 rings (SSSR count). The number of hydrogen-bond donors (Lipinski definition) is 3. The smallest absolute Gasteiger partial charge is 0.315 e. The van der Waals surface area contributed by atoms with Gasteiger partial charge in [-0.25, -0.2) is 4.79 Å². The Kier molecular flexibility index (Phi) is 6.94. The lowest BCUT2D eigenvalue weighted by Gasteiger charge is -2.34. The number of amides is 2. The fraction of sp³-hybridized carbons (Fsp3) is 0.938. The van der Waals surface area contributed by atoms with Gasteiger partial charge in [-0.3, -0.25) is 0 Å². The van der Waals surface area contributed by atoms with Gasteiger partial charge >= 0.3 is 6.03 Å². The zero-order valence-corrected chi connectivity index (χ0v) is 14.3. The predicted octanol–water partition coefficient (Wildman–Crippen LogP) is 1.96. The lowest BCUT2D eigenvalue weighted by molar-refractivity contribution is 0.177. The average Bonchev–Trinajstić information content (AvgIpc) is 2.36. The molecule has 1 fully saturated rings. The summed E-state index contributed by atoms with van der Waals surface area (Å²) >= 11 is 0. The standard InChI is InChI=1S/C16H33N3O2/c1-16(2,3)10-13(11-20)18-15(21)17-12-7-6-8-14(9-12)19(4)5/h12-14,20H,6-11H2,1-5H3,(H2,17,18,21). The van der Waals surface area contributed by atoms with E-state index in [0.717, 1.165) is 25.7 Å². The SMILES string of the molecule is CN(C)C1CCCC(NC(=O)NC(CO)CC(C)(C)C)C1. The minimum Gasteiger partial charge on any atom is -0.394 e. The van der Waals surface area contributed by atoms with Gasteiger partial charge in [0.15, 0.2) is 0 Å². The van der Waals surface area contributed by atoms with Crippen molar-refractivity contribution in [3.05, 3.63) is 0 Å². The van der Waals surface area contributed by atoms with E-state index in [2.05, 4.69) is 50.4 Å². The van der Waals surface area contributed by atoms with E-state index in [1.54, 1.807) is 0 Å². The number of aliphatic hydroxyl groups excluding tert-OH is 1. The van der Waals surface area contributed by atoms with E-state index < -0.39 is 0 Å². The van der Waals surface area contributed by atoms with Crippen LogP contribution in [-0.4, -0.2) is 54.9 Å². The minimum absolute atomic E-state index is 0.0182. The molecule has 5 heteroatoms. The molecule has 0 radical (unpaired) electrons. The van der Waals surface area contributed by atoms with Crippen LogP contribution in [0.5, 0.6) is 0 Å². The predicted molar refractivity (Wildman–Crippen MR) is 86.3 cm³/mol. The van der Waals surface area contributed by atoms with E-state index in [9.17, 15) is 9.90 Å². The molecule has 0 saturated heterocycles. The van der Waals surface area contributed by atoms with E-state index in [1.807, 2.05) is 0 Å². The van der Waals surface area contributed by atoms with Crippen molar-refractivity contribution in [2.45, 2.75) is 71.0 Å². The van der Waals surface area contributed by atoms with Gasteiger partial charge in [-0.05, 0) is 51.6 Å². The highest BCUT2D eigenvalue weighted by molar-refractivity contribution is 5.74. The summed E-state index contributed by atoms with van der Waals surface area (Å²) in [5, 5.41) is 15.4. The molecular weight excluding hydrogens is 266 g/mol. The Balaban J connectivity index is 2.41. The van der Waals surface area contributed by atoms with Gasteiger partial charge in [0.25, 0.3) is 0 Å². The molecule has 2 amide bonds. The van der Waals surface area contributed by atoms with E-state index in [1.165, 1.54) is 6.42 Å². The van der Waals surface area contributed by atoms with Crippen molar-refractivity contribution >= 4 is 6.03 Å². The Bertz CT molecular complexity index is 326. The lowest BCUT2D eigenvalue weighted by Crippen LogP contribution is -2.50. The molecule has 1 aliphatic carbocycles. The van der Waals surface area contributed by atoms with E-state index in [0.29, 0.717) is 6.04 Å². The highest BCUT2D eigenvalue weighted by atomic mass is 16.3. The average molecular weight is 299 g/mol. The van der Waals surface area contributed by atoms with Crippen LogP contribution >= 0.6 is 0 Å². The topological polar surface area (TPSA) is 64.6 Å². The molecule has 1 saturated carbocycles. The zero-order valence-electron chi connectivity index (χ0n) is 14.3. The third kappa shape index (κ3) is 7.14. The van der Waals surface area contributed by atoms with Crippen LogP contribution in [0.15, 0.2) is 0 Å². The Labute approximate surface area is 129 Å². The van der Waals surface area contributed by atoms with Crippen molar-refractivity contribution < 1.29 is 9.90 Å². The first kappa shape index (κ1) is 18.2. The first-order valence-corrected chi connectivity index (χ1v) is 8.05. The van der Waals surface area contributed by atoms with Crippen LogP contribution in [-0.2, 0) is 0 Å². The third-order valence-electron chi connectivity index (χ3n) is 4.13. The number of hydrogen-bond acceptors (Lipinski definition) is 3. The van der Waals surface area contributed by atoms with Gasteiger partial charge in [0.05, 0.1) is 12.6 Å². The normalized spacial score (nSPS) is 24.7. The van der Waals surface area contributed by atoms with Crippen molar-refractivity contribution in [2.75, 3.05) is 20.7 Å². The molecule has 0 aromatic carbocycles. The van der Waals surface area contributed by atoms with Gasteiger partial charge in [0.1, 0.15) is 0 Å². The summed E-state index contributed by atoms with van der Waals surface area (Å²) in [6.45, 7) is 6.31. The number of carbonyl (C=O) groups is 1. The number of aliphatic hydroxyl groups is 1. The number of nitrogens with one attached hydrogen (secondary N) is 2. The summed E-state index contributed by atoms with van der Waals surface area (Å²) in [7, 11) is 4.19. The summed E-state index contributed by atoms with van der Waals surface area (Å²) in [4.78, 5) is 14.3. The molecule has 21 heavy (non-hydrogen) atoms. The van der Waals surface area contributed by atoms with Gasteiger partial charge < -0.3 is 20.6 Å². The van der Waals surface area contributed by atoms with Crippen LogP contribution in [0.25, 0.3) is 0 Å². The molecule has 5 nitrogen and oxygen atoms in total. The fourth-order valence-corrected chi connectivity index (χ4v) is 3.08. The van der Waals surface area contributed by atoms with Crippen LogP contribution in [0.3, 0.4) is 0 Å². The number of rotatable bonds is 5. The van der Waals surface area contributed by atoms with Crippen LogP contribution in [0.2, 0.25) is 0 Å². The summed E-state index contributed by atoms with van der Waals surface area (Å²) in [5.74, 6) is 0. The first-order chi connectivity index (χ1) is 9.71. The highest BCUT2D eigenvalue weighted by Gasteiger charge is 2.25. The van der Waals surface area contributed by atoms with Crippen molar-refractivity contribution in [1.29, 1.82) is 0 Å². The molecule has 3 N–H and O–H groups in total. The highest BCUT2D eigenvalue weighted by Crippen LogP contribution is 2.22. The maximum absolute atomic E-state index is 12.1. The maximum atomic E-state index is 12.1. The molecule has 0 aliphatic heterocycles. The summed E-state index contributed by atoms with van der Waals surface area (Å²) in [6.07, 6.45) is 5.17. The molecule has 3 unspecified atom stereocenters. The Morgan fingerprint density at radius 2 is 2.00 bits per heavy atom. The number of urea groups is 1. The van der Waals surface area contributed by atoms with Crippen LogP contribution in [0.1, 0.15) is 52.9 Å². The zero-order chi connectivity index (χ0) is 16.0. The second-order valence-corrected chi connectivity index (χ2v) is 7.74. The molecule has 124 valence electrons. The number of nitrogens with zero attached hydrogens (tertiary/aromatic N) is 1. The third-order valence-corrected chi connectivity index (χ3v) is 4.13. The van der Waals surface area contributed by atoms with E-state index in [4.69, 9.17) is 0 Å². The minimum atomic E-state index is -0.182. The molecule has 0 aromatic rings. The molecule has 1 aliphatic rings. The first-order valence-electron chi connectivity index (χ1n) is 8.05. The number of carbonyl (C=O) groups excluding carboxylic acids is 1. The second kappa shape index (κ2) is 7.99. The van der Waals surface area contributed by atoms with Crippen molar-refractivity contribution in [1.82, 2.24) is 15.5 Å². The molecule has 3 atom stereocenters. The van der Waals surface area contributed by atoms with Crippen molar-refractivity contribution in [3.8, 4) is 0 Å². The quantitative estimate of drug-likeness (QED) is 0.727. The van der Waals surface area contributed by atoms with Gasteiger partial charge in [0.2, 0.25) is 0 Å². The molecular formula is C16H33N3O2. The Morgan fingerprint density at radius 3 is 2.52 bits per heavy atom. The molecule has 0 spiro atoms. The van der Waals surface area contributed by atoms with Crippen LogP contribution in [0, 0.1) is 5.41 Å². The fourth-order valence-electron chi connectivity index (χ4n) is 3.08. The van der Waals surface area contributed by atoms with E-state index in [-0.39, 0.29) is 30.1 Å². The van der Waals surface area contributed by atoms with Gasteiger partial charge in [-0.15, -0.1) is 0 Å². The lowest BCUT2D eigenvalue weighted by atomic mass is 9.88. The van der Waals surface area contributed by atoms with Crippen LogP contribution in [0.4, 0.5) is 4.79 Å². The molecule has 0 bridgehead atoms. The summed E-state index contributed by atoms with van der Waals surface area (Å²) < 4.78 is 0. The Hall–Kier alpha value is -0.810. The molecule has 0 aromatic heterocycles. The summed E-state index contributed by atoms with van der Waals surface area (Å²) in [6, 6.07) is 0.452. The second-order valence-electron chi connectivity index (χ2n) is 7.74. The molecule has 0 heterocycles. The van der Waals surface area contributed by atoms with Crippen LogP contribution < -0.4 is 10.6 Å². The summed E-state index contributed by atoms with van der Waals surface area (Å²) in [5.41, 5.74) is 0.0849. The Morgan fingerprint density at radius 1 is 1.33 bits per heavy atom.